The fourth-order valence-electron chi connectivity index (χ4n) is 5.49. The van der Waals surface area contributed by atoms with Crippen molar-refractivity contribution in [3.63, 3.8) is 0 Å². The van der Waals surface area contributed by atoms with E-state index in [0.29, 0.717) is 44.6 Å². The predicted octanol–water partition coefficient (Wildman–Crippen LogP) is 2.38. The fourth-order valence-corrected chi connectivity index (χ4v) is 5.49. The third kappa shape index (κ3) is 4.85. The number of piperazine rings is 1. The molecule has 1 spiro atoms. The molecular formula is C28H33FN4O4. The number of halogens is 1. The van der Waals surface area contributed by atoms with E-state index in [9.17, 15) is 18.8 Å². The Morgan fingerprint density at radius 3 is 2.16 bits per heavy atom. The number of amides is 3. The summed E-state index contributed by atoms with van der Waals surface area (Å²) in [6.45, 7) is 5.43. The van der Waals surface area contributed by atoms with Crippen molar-refractivity contribution >= 4 is 17.7 Å². The summed E-state index contributed by atoms with van der Waals surface area (Å²) in [5.74, 6) is -1.29. The zero-order valence-electron chi connectivity index (χ0n) is 21.4. The lowest BCUT2D eigenvalue weighted by Gasteiger charge is -2.45. The van der Waals surface area contributed by atoms with Crippen LogP contribution in [0.1, 0.15) is 39.1 Å². The second-order valence-electron chi connectivity index (χ2n) is 10.2. The standard InChI is InChI=1S/C28H33FN4O4/c1-20-7-9-21(10-8-20)25(34)33-24(27(36)32-17-15-30(2)16-18-32)19-37-28(33)11-13-31(14-12-28)26(35)22-5-3-4-6-23(22)29/h3-10,24H,11-19H2,1-2H3. The number of likely N-dealkylation sites (tertiary alicyclic amines) is 1. The smallest absolute Gasteiger partial charge is 0.256 e. The molecule has 3 heterocycles. The molecule has 196 valence electrons. The first-order valence-corrected chi connectivity index (χ1v) is 12.8. The SMILES string of the molecule is Cc1ccc(C(=O)N2C(C(=O)N3CCN(C)CC3)COC23CCN(C(=O)c2ccccc2F)CC3)cc1. The Kier molecular flexibility index (Phi) is 7.00. The minimum absolute atomic E-state index is 0.0292. The Labute approximate surface area is 216 Å². The van der Waals surface area contributed by atoms with Gasteiger partial charge in [-0.2, -0.15) is 0 Å². The number of hydrogen-bond acceptors (Lipinski definition) is 5. The van der Waals surface area contributed by atoms with Crippen LogP contribution in [0.2, 0.25) is 0 Å². The highest BCUT2D eigenvalue weighted by atomic mass is 19.1. The number of piperidine rings is 1. The molecule has 3 amide bonds. The van der Waals surface area contributed by atoms with Gasteiger partial charge in [0, 0.05) is 57.7 Å². The minimum Gasteiger partial charge on any atom is -0.353 e. The predicted molar refractivity (Wildman–Crippen MR) is 135 cm³/mol. The maximum Gasteiger partial charge on any atom is 0.256 e. The fraction of sp³-hybridized carbons (Fsp3) is 0.464. The van der Waals surface area contributed by atoms with E-state index in [1.165, 1.54) is 12.1 Å². The number of ether oxygens (including phenoxy) is 1. The number of hydrogen-bond donors (Lipinski definition) is 0. The van der Waals surface area contributed by atoms with Gasteiger partial charge in [-0.25, -0.2) is 4.39 Å². The van der Waals surface area contributed by atoms with Gasteiger partial charge in [0.05, 0.1) is 12.2 Å². The number of carbonyl (C=O) groups is 3. The van der Waals surface area contributed by atoms with E-state index < -0.39 is 17.6 Å². The van der Waals surface area contributed by atoms with Crippen molar-refractivity contribution in [3.8, 4) is 0 Å². The normalized spacial score (nSPS) is 21.9. The van der Waals surface area contributed by atoms with Crippen molar-refractivity contribution in [2.24, 2.45) is 0 Å². The maximum atomic E-state index is 14.2. The van der Waals surface area contributed by atoms with Gasteiger partial charge >= 0.3 is 0 Å². The average Bonchev–Trinajstić information content (AvgIpc) is 3.27. The molecule has 8 nitrogen and oxygen atoms in total. The molecule has 3 fully saturated rings. The van der Waals surface area contributed by atoms with Crippen LogP contribution in [0.4, 0.5) is 4.39 Å². The lowest BCUT2D eigenvalue weighted by atomic mass is 9.95. The lowest BCUT2D eigenvalue weighted by molar-refractivity contribution is -0.139. The van der Waals surface area contributed by atoms with E-state index in [1.807, 2.05) is 31.0 Å². The van der Waals surface area contributed by atoms with Gasteiger partial charge < -0.3 is 19.4 Å². The van der Waals surface area contributed by atoms with Gasteiger partial charge in [0.1, 0.15) is 17.6 Å². The Morgan fingerprint density at radius 1 is 0.865 bits per heavy atom. The first-order valence-electron chi connectivity index (χ1n) is 12.8. The molecule has 0 bridgehead atoms. The summed E-state index contributed by atoms with van der Waals surface area (Å²) in [4.78, 5) is 47.8. The summed E-state index contributed by atoms with van der Waals surface area (Å²) in [6.07, 6.45) is 0.689. The Balaban J connectivity index is 1.39. The molecule has 0 N–H and O–H groups in total. The minimum atomic E-state index is -0.999. The molecule has 0 radical (unpaired) electrons. The highest BCUT2D eigenvalue weighted by molar-refractivity contribution is 5.99. The molecule has 37 heavy (non-hydrogen) atoms. The number of aryl methyl sites for hydroxylation is 1. The quantitative estimate of drug-likeness (QED) is 0.637. The van der Waals surface area contributed by atoms with E-state index in [-0.39, 0.29) is 29.9 Å². The zero-order chi connectivity index (χ0) is 26.2. The van der Waals surface area contributed by atoms with Crippen LogP contribution < -0.4 is 0 Å². The number of carbonyl (C=O) groups excluding carboxylic acids is 3. The molecular weight excluding hydrogens is 475 g/mol. The Bertz CT molecular complexity index is 1170. The molecule has 0 aliphatic carbocycles. The molecule has 5 rings (SSSR count). The van der Waals surface area contributed by atoms with E-state index in [4.69, 9.17) is 4.74 Å². The zero-order valence-corrected chi connectivity index (χ0v) is 21.4. The van der Waals surface area contributed by atoms with Crippen LogP contribution in [0, 0.1) is 12.7 Å². The van der Waals surface area contributed by atoms with Crippen molar-refractivity contribution in [1.82, 2.24) is 19.6 Å². The summed E-state index contributed by atoms with van der Waals surface area (Å²) in [7, 11) is 2.03. The highest BCUT2D eigenvalue weighted by Gasteiger charge is 2.55. The van der Waals surface area contributed by atoms with Gasteiger partial charge in [0.15, 0.2) is 0 Å². The monoisotopic (exact) mass is 508 g/mol. The molecule has 2 aromatic rings. The van der Waals surface area contributed by atoms with E-state index in [0.717, 1.165) is 18.7 Å². The van der Waals surface area contributed by atoms with E-state index >= 15 is 0 Å². The van der Waals surface area contributed by atoms with Gasteiger partial charge in [-0.15, -0.1) is 0 Å². The van der Waals surface area contributed by atoms with Crippen molar-refractivity contribution in [2.45, 2.75) is 31.5 Å². The summed E-state index contributed by atoms with van der Waals surface area (Å²) in [6, 6.07) is 12.5. The third-order valence-corrected chi connectivity index (χ3v) is 7.81. The number of nitrogens with zero attached hydrogens (tertiary/aromatic N) is 4. The van der Waals surface area contributed by atoms with Crippen LogP contribution in [0.5, 0.6) is 0 Å². The molecule has 3 aliphatic rings. The van der Waals surface area contributed by atoms with Gasteiger partial charge in [-0.1, -0.05) is 29.8 Å². The summed E-state index contributed by atoms with van der Waals surface area (Å²) >= 11 is 0. The van der Waals surface area contributed by atoms with E-state index in [2.05, 4.69) is 4.90 Å². The number of rotatable bonds is 3. The van der Waals surface area contributed by atoms with Gasteiger partial charge in [0.2, 0.25) is 5.91 Å². The average molecular weight is 509 g/mol. The summed E-state index contributed by atoms with van der Waals surface area (Å²) in [5.41, 5.74) is 0.563. The van der Waals surface area contributed by atoms with E-state index in [1.54, 1.807) is 34.1 Å². The van der Waals surface area contributed by atoms with Gasteiger partial charge in [0.25, 0.3) is 11.8 Å². The molecule has 1 unspecified atom stereocenters. The van der Waals surface area contributed by atoms with Crippen LogP contribution >= 0.6 is 0 Å². The first kappa shape index (κ1) is 25.4. The molecule has 0 saturated carbocycles. The summed E-state index contributed by atoms with van der Waals surface area (Å²) in [5, 5.41) is 0. The second kappa shape index (κ2) is 10.2. The molecule has 2 aromatic carbocycles. The van der Waals surface area contributed by atoms with Crippen molar-refractivity contribution in [1.29, 1.82) is 0 Å². The van der Waals surface area contributed by atoms with Crippen LogP contribution in [-0.4, -0.2) is 102 Å². The highest BCUT2D eigenvalue weighted by Crippen LogP contribution is 2.39. The van der Waals surface area contributed by atoms with Crippen LogP contribution in [0.15, 0.2) is 48.5 Å². The first-order chi connectivity index (χ1) is 17.8. The Morgan fingerprint density at radius 2 is 1.51 bits per heavy atom. The van der Waals surface area contributed by atoms with Gasteiger partial charge in [-0.3, -0.25) is 19.3 Å². The van der Waals surface area contributed by atoms with Gasteiger partial charge in [-0.05, 0) is 38.2 Å². The molecule has 3 aliphatic heterocycles. The second-order valence-corrected chi connectivity index (χ2v) is 10.2. The topological polar surface area (TPSA) is 73.4 Å². The van der Waals surface area contributed by atoms with Crippen LogP contribution in [0.25, 0.3) is 0 Å². The van der Waals surface area contributed by atoms with Crippen molar-refractivity contribution in [2.75, 3.05) is 52.9 Å². The number of benzene rings is 2. The largest absolute Gasteiger partial charge is 0.353 e. The Hall–Kier alpha value is -3.30. The van der Waals surface area contributed by atoms with Crippen molar-refractivity contribution < 1.29 is 23.5 Å². The lowest BCUT2D eigenvalue weighted by Crippen LogP contribution is -2.61. The summed E-state index contributed by atoms with van der Waals surface area (Å²) < 4.78 is 20.5. The number of likely N-dealkylation sites (N-methyl/N-ethyl adjacent to an activating group) is 1. The third-order valence-electron chi connectivity index (χ3n) is 7.81. The molecule has 3 saturated heterocycles. The maximum absolute atomic E-state index is 14.2. The molecule has 9 heteroatoms. The van der Waals surface area contributed by atoms with Crippen LogP contribution in [0.3, 0.4) is 0 Å². The van der Waals surface area contributed by atoms with Crippen LogP contribution in [-0.2, 0) is 9.53 Å². The molecule has 0 aromatic heterocycles. The molecule has 1 atom stereocenters. The van der Waals surface area contributed by atoms with Crippen molar-refractivity contribution in [3.05, 3.63) is 71.0 Å².